The van der Waals surface area contributed by atoms with Crippen molar-refractivity contribution in [1.29, 1.82) is 0 Å². The van der Waals surface area contributed by atoms with E-state index in [1.54, 1.807) is 37.3 Å². The Morgan fingerprint density at radius 2 is 1.63 bits per heavy atom. The molecule has 0 amide bonds. The van der Waals surface area contributed by atoms with E-state index < -0.39 is 5.60 Å². The van der Waals surface area contributed by atoms with Crippen LogP contribution in [0.15, 0.2) is 55.1 Å². The van der Waals surface area contributed by atoms with E-state index in [2.05, 4.69) is 6.58 Å². The molecule has 3 heteroatoms. The van der Waals surface area contributed by atoms with Crippen LogP contribution in [0.1, 0.15) is 18.1 Å². The average Bonchev–Trinajstić information content (AvgIpc) is 2.39. The van der Waals surface area contributed by atoms with Gasteiger partial charge in [0.05, 0.1) is 0 Å². The van der Waals surface area contributed by atoms with Crippen molar-refractivity contribution in [3.63, 3.8) is 0 Å². The molecule has 1 N–H and O–H groups in total. The molecule has 0 aliphatic heterocycles. The Labute approximate surface area is 123 Å². The molecule has 2 aromatic rings. The van der Waals surface area contributed by atoms with Crippen LogP contribution < -0.4 is 0 Å². The van der Waals surface area contributed by atoms with Crippen molar-refractivity contribution >= 4 is 28.8 Å². The highest BCUT2D eigenvalue weighted by atomic mass is 35.5. The van der Waals surface area contributed by atoms with E-state index in [9.17, 15) is 5.11 Å². The first kappa shape index (κ1) is 14.1. The van der Waals surface area contributed by atoms with Crippen molar-refractivity contribution in [2.45, 2.75) is 12.5 Å². The van der Waals surface area contributed by atoms with Crippen molar-refractivity contribution in [3.05, 3.63) is 76.3 Å². The maximum absolute atomic E-state index is 10.7. The molecule has 0 aromatic heterocycles. The maximum atomic E-state index is 10.7. The Balaban J connectivity index is 2.42. The second kappa shape index (κ2) is 5.38. The lowest BCUT2D eigenvalue weighted by molar-refractivity contribution is 0.122. The molecule has 0 radical (unpaired) electrons. The second-order valence-corrected chi connectivity index (χ2v) is 5.38. The molecule has 0 bridgehead atoms. The Morgan fingerprint density at radius 1 is 1.05 bits per heavy atom. The van der Waals surface area contributed by atoms with Gasteiger partial charge in [0.2, 0.25) is 0 Å². The Morgan fingerprint density at radius 3 is 2.21 bits per heavy atom. The van der Waals surface area contributed by atoms with Gasteiger partial charge < -0.3 is 5.11 Å². The fourth-order valence-electron chi connectivity index (χ4n) is 1.92. The van der Waals surface area contributed by atoms with Crippen LogP contribution in [-0.4, -0.2) is 5.11 Å². The van der Waals surface area contributed by atoms with Crippen LogP contribution in [0.5, 0.6) is 0 Å². The summed E-state index contributed by atoms with van der Waals surface area (Å²) in [4.78, 5) is 0. The smallest absolute Gasteiger partial charge is 0.112 e. The highest BCUT2D eigenvalue weighted by Gasteiger charge is 2.28. The normalized spacial score (nSPS) is 13.9. The summed E-state index contributed by atoms with van der Waals surface area (Å²) in [6.07, 6.45) is 0. The first-order valence-electron chi connectivity index (χ1n) is 5.85. The quantitative estimate of drug-likeness (QED) is 0.852. The zero-order valence-corrected chi connectivity index (χ0v) is 12.0. The van der Waals surface area contributed by atoms with Crippen LogP contribution in [0, 0.1) is 0 Å². The van der Waals surface area contributed by atoms with Gasteiger partial charge in [0, 0.05) is 10.0 Å². The lowest BCUT2D eigenvalue weighted by atomic mass is 9.85. The summed E-state index contributed by atoms with van der Waals surface area (Å²) in [7, 11) is 0. The van der Waals surface area contributed by atoms with Crippen LogP contribution in [0.2, 0.25) is 10.0 Å². The van der Waals surface area contributed by atoms with E-state index in [1.165, 1.54) is 0 Å². The van der Waals surface area contributed by atoms with Crippen molar-refractivity contribution in [1.82, 2.24) is 0 Å². The molecule has 0 aliphatic carbocycles. The Hall–Kier alpha value is -1.28. The second-order valence-electron chi connectivity index (χ2n) is 4.54. The van der Waals surface area contributed by atoms with Gasteiger partial charge in [-0.15, -0.1) is 0 Å². The molecule has 19 heavy (non-hydrogen) atoms. The lowest BCUT2D eigenvalue weighted by Crippen LogP contribution is -2.22. The molecular formula is C16H14Cl2O. The summed E-state index contributed by atoms with van der Waals surface area (Å²) in [6, 6.07) is 14.4. The summed E-state index contributed by atoms with van der Waals surface area (Å²) in [5.74, 6) is 0. The van der Waals surface area contributed by atoms with Gasteiger partial charge in [-0.1, -0.05) is 60.1 Å². The summed E-state index contributed by atoms with van der Waals surface area (Å²) in [5.41, 5.74) is 0.821. The molecule has 2 aromatic carbocycles. The predicted octanol–water partition coefficient (Wildman–Crippen LogP) is 4.91. The van der Waals surface area contributed by atoms with Crippen molar-refractivity contribution < 1.29 is 5.11 Å². The van der Waals surface area contributed by atoms with Crippen LogP contribution in [0.3, 0.4) is 0 Å². The molecular weight excluding hydrogens is 279 g/mol. The van der Waals surface area contributed by atoms with Gasteiger partial charge in [-0.2, -0.15) is 0 Å². The standard InChI is InChI=1S/C16H14Cl2O/c1-11(14-5-3-4-6-15(14)18)16(2,19)12-7-9-13(17)10-8-12/h3-10,19H,1H2,2H3. The van der Waals surface area contributed by atoms with E-state index >= 15 is 0 Å². The molecule has 1 nitrogen and oxygen atoms in total. The van der Waals surface area contributed by atoms with Crippen LogP contribution in [-0.2, 0) is 5.60 Å². The molecule has 0 spiro atoms. The van der Waals surface area contributed by atoms with E-state index in [-0.39, 0.29) is 0 Å². The lowest BCUT2D eigenvalue weighted by Gasteiger charge is -2.27. The first-order chi connectivity index (χ1) is 8.93. The molecule has 1 unspecified atom stereocenters. The summed E-state index contributed by atoms with van der Waals surface area (Å²) in [5, 5.41) is 11.9. The monoisotopic (exact) mass is 292 g/mol. The maximum Gasteiger partial charge on any atom is 0.112 e. The minimum atomic E-state index is -1.20. The average molecular weight is 293 g/mol. The van der Waals surface area contributed by atoms with Crippen molar-refractivity contribution in [2.75, 3.05) is 0 Å². The third-order valence-corrected chi connectivity index (χ3v) is 3.77. The van der Waals surface area contributed by atoms with Crippen LogP contribution in [0.4, 0.5) is 0 Å². The molecule has 1 atom stereocenters. The highest BCUT2D eigenvalue weighted by Crippen LogP contribution is 2.37. The summed E-state index contributed by atoms with van der Waals surface area (Å²) >= 11 is 12.0. The molecule has 0 saturated heterocycles. The Kier molecular flexibility index (Phi) is 4.00. The number of hydrogen-bond acceptors (Lipinski definition) is 1. The number of rotatable bonds is 3. The molecule has 0 saturated carbocycles. The minimum Gasteiger partial charge on any atom is -0.381 e. The van der Waals surface area contributed by atoms with Crippen molar-refractivity contribution in [3.8, 4) is 0 Å². The van der Waals surface area contributed by atoms with Gasteiger partial charge >= 0.3 is 0 Å². The van der Waals surface area contributed by atoms with E-state index in [1.807, 2.05) is 18.2 Å². The fourth-order valence-corrected chi connectivity index (χ4v) is 2.29. The number of benzene rings is 2. The minimum absolute atomic E-state index is 0.556. The van der Waals surface area contributed by atoms with Crippen molar-refractivity contribution in [2.24, 2.45) is 0 Å². The largest absolute Gasteiger partial charge is 0.381 e. The van der Waals surface area contributed by atoms with Gasteiger partial charge in [0.15, 0.2) is 0 Å². The molecule has 0 aliphatic rings. The van der Waals surface area contributed by atoms with Gasteiger partial charge in [0.1, 0.15) is 5.60 Å². The van der Waals surface area contributed by atoms with Gasteiger partial charge in [-0.3, -0.25) is 0 Å². The molecule has 0 heterocycles. The zero-order chi connectivity index (χ0) is 14.0. The van der Waals surface area contributed by atoms with Gasteiger partial charge in [0.25, 0.3) is 0 Å². The molecule has 0 fully saturated rings. The molecule has 98 valence electrons. The Bertz CT molecular complexity index is 600. The van der Waals surface area contributed by atoms with E-state index in [4.69, 9.17) is 23.2 Å². The fraction of sp³-hybridized carbons (Fsp3) is 0.125. The first-order valence-corrected chi connectivity index (χ1v) is 6.61. The predicted molar refractivity (Wildman–Crippen MR) is 81.5 cm³/mol. The van der Waals surface area contributed by atoms with Gasteiger partial charge in [-0.25, -0.2) is 0 Å². The summed E-state index contributed by atoms with van der Waals surface area (Å²) in [6.45, 7) is 5.69. The van der Waals surface area contributed by atoms with E-state index in [0.717, 1.165) is 11.1 Å². The zero-order valence-electron chi connectivity index (χ0n) is 10.5. The highest BCUT2D eigenvalue weighted by molar-refractivity contribution is 6.32. The third-order valence-electron chi connectivity index (χ3n) is 3.19. The SMILES string of the molecule is C=C(c1ccccc1Cl)C(C)(O)c1ccc(Cl)cc1. The van der Waals surface area contributed by atoms with Crippen LogP contribution >= 0.6 is 23.2 Å². The number of hydrogen-bond donors (Lipinski definition) is 1. The number of aliphatic hydroxyl groups is 1. The van der Waals surface area contributed by atoms with E-state index in [0.29, 0.717) is 15.6 Å². The number of halogens is 2. The molecule has 2 rings (SSSR count). The van der Waals surface area contributed by atoms with Crippen LogP contribution in [0.25, 0.3) is 5.57 Å². The summed E-state index contributed by atoms with van der Waals surface area (Å²) < 4.78 is 0. The third kappa shape index (κ3) is 2.84. The van der Waals surface area contributed by atoms with Gasteiger partial charge in [-0.05, 0) is 41.8 Å². The topological polar surface area (TPSA) is 20.2 Å².